The molecule has 0 aliphatic rings. The van der Waals surface area contributed by atoms with Crippen LogP contribution in [0.3, 0.4) is 0 Å². The molecule has 0 radical (unpaired) electrons. The second kappa shape index (κ2) is 11.1. The van der Waals surface area contributed by atoms with Crippen molar-refractivity contribution in [3.8, 4) is 5.75 Å². The van der Waals surface area contributed by atoms with E-state index in [1.807, 2.05) is 32.0 Å². The zero-order valence-corrected chi connectivity index (χ0v) is 17.4. The van der Waals surface area contributed by atoms with E-state index in [4.69, 9.17) is 4.74 Å². The minimum absolute atomic E-state index is 0.0749. The minimum atomic E-state index is -3.00. The zero-order chi connectivity index (χ0) is 19.6. The minimum Gasteiger partial charge on any atom is -0.493 e. The molecular formula is C19H33N3O3S. The summed E-state index contributed by atoms with van der Waals surface area (Å²) >= 11 is 0. The highest BCUT2D eigenvalue weighted by Crippen LogP contribution is 2.22. The standard InChI is InChI=1S/C19H33N3O3S/c1-6-20-19(21-10-12-26(5,23)24)22-14-17-8-7-16(4)13-18(17)25-11-9-15(2)3/h7-8,13,15H,6,9-12,14H2,1-5H3,(H2,20,21,22). The number of aliphatic imine (C=N–C) groups is 1. The molecule has 2 N–H and O–H groups in total. The van der Waals surface area contributed by atoms with Gasteiger partial charge in [-0.1, -0.05) is 26.0 Å². The lowest BCUT2D eigenvalue weighted by atomic mass is 10.1. The molecule has 26 heavy (non-hydrogen) atoms. The Bertz CT molecular complexity index is 685. The summed E-state index contributed by atoms with van der Waals surface area (Å²) in [6, 6.07) is 6.11. The van der Waals surface area contributed by atoms with E-state index in [1.54, 1.807) is 0 Å². The Hall–Kier alpha value is -1.76. The molecule has 6 nitrogen and oxygen atoms in total. The first kappa shape index (κ1) is 22.3. The fourth-order valence-corrected chi connectivity index (χ4v) is 2.66. The summed E-state index contributed by atoms with van der Waals surface area (Å²) in [6.45, 7) is 10.5. The predicted molar refractivity (Wildman–Crippen MR) is 109 cm³/mol. The maximum absolute atomic E-state index is 11.3. The van der Waals surface area contributed by atoms with Crippen LogP contribution in [0.15, 0.2) is 23.2 Å². The van der Waals surface area contributed by atoms with Gasteiger partial charge in [0, 0.05) is 24.9 Å². The molecule has 7 heteroatoms. The second-order valence-electron chi connectivity index (χ2n) is 6.89. The molecule has 0 atom stereocenters. The number of nitrogens with one attached hydrogen (secondary N) is 2. The monoisotopic (exact) mass is 383 g/mol. The molecule has 1 aromatic rings. The Morgan fingerprint density at radius 1 is 1.27 bits per heavy atom. The number of aryl methyl sites for hydroxylation is 1. The van der Waals surface area contributed by atoms with Crippen LogP contribution in [-0.2, 0) is 16.4 Å². The molecule has 1 aromatic carbocycles. The van der Waals surface area contributed by atoms with Crippen molar-refractivity contribution in [3.05, 3.63) is 29.3 Å². The number of nitrogens with zero attached hydrogens (tertiary/aromatic N) is 1. The molecule has 0 aliphatic carbocycles. The third-order valence-electron chi connectivity index (χ3n) is 3.69. The highest BCUT2D eigenvalue weighted by Gasteiger charge is 2.07. The van der Waals surface area contributed by atoms with Crippen LogP contribution in [0.5, 0.6) is 5.75 Å². The number of ether oxygens (including phenoxy) is 1. The van der Waals surface area contributed by atoms with Crippen molar-refractivity contribution in [2.75, 3.05) is 31.7 Å². The summed E-state index contributed by atoms with van der Waals surface area (Å²) in [4.78, 5) is 4.56. The van der Waals surface area contributed by atoms with Crippen molar-refractivity contribution in [1.29, 1.82) is 0 Å². The first-order valence-electron chi connectivity index (χ1n) is 9.13. The lowest BCUT2D eigenvalue weighted by molar-refractivity contribution is 0.287. The summed E-state index contributed by atoms with van der Waals surface area (Å²) in [7, 11) is -3.00. The van der Waals surface area contributed by atoms with Gasteiger partial charge in [0.05, 0.1) is 18.9 Å². The van der Waals surface area contributed by atoms with Crippen molar-refractivity contribution in [2.45, 2.75) is 40.7 Å². The number of benzene rings is 1. The van der Waals surface area contributed by atoms with E-state index >= 15 is 0 Å². The van der Waals surface area contributed by atoms with Gasteiger partial charge in [0.2, 0.25) is 0 Å². The van der Waals surface area contributed by atoms with E-state index < -0.39 is 9.84 Å². The van der Waals surface area contributed by atoms with Gasteiger partial charge < -0.3 is 15.4 Å². The molecule has 0 aliphatic heterocycles. The Morgan fingerprint density at radius 2 is 2.00 bits per heavy atom. The maximum Gasteiger partial charge on any atom is 0.191 e. The lowest BCUT2D eigenvalue weighted by Gasteiger charge is -2.14. The number of rotatable bonds is 10. The molecule has 0 saturated heterocycles. The van der Waals surface area contributed by atoms with Crippen molar-refractivity contribution < 1.29 is 13.2 Å². The highest BCUT2D eigenvalue weighted by molar-refractivity contribution is 7.90. The second-order valence-corrected chi connectivity index (χ2v) is 9.15. The van der Waals surface area contributed by atoms with Gasteiger partial charge in [-0.05, 0) is 37.8 Å². The van der Waals surface area contributed by atoms with Crippen LogP contribution >= 0.6 is 0 Å². The van der Waals surface area contributed by atoms with E-state index in [0.717, 1.165) is 23.3 Å². The smallest absolute Gasteiger partial charge is 0.191 e. The first-order valence-corrected chi connectivity index (χ1v) is 11.2. The molecule has 0 spiro atoms. The van der Waals surface area contributed by atoms with Gasteiger partial charge in [-0.15, -0.1) is 0 Å². The van der Waals surface area contributed by atoms with Crippen LogP contribution in [0, 0.1) is 12.8 Å². The van der Waals surface area contributed by atoms with E-state index in [2.05, 4.69) is 29.5 Å². The van der Waals surface area contributed by atoms with Crippen LogP contribution in [0.1, 0.15) is 38.3 Å². The summed E-state index contributed by atoms with van der Waals surface area (Å²) < 4.78 is 28.5. The van der Waals surface area contributed by atoms with Crippen LogP contribution in [0.25, 0.3) is 0 Å². The van der Waals surface area contributed by atoms with Crippen molar-refractivity contribution in [2.24, 2.45) is 10.9 Å². The summed E-state index contributed by atoms with van der Waals surface area (Å²) in [5.41, 5.74) is 2.16. The summed E-state index contributed by atoms with van der Waals surface area (Å²) in [6.07, 6.45) is 2.23. The van der Waals surface area contributed by atoms with Crippen LogP contribution < -0.4 is 15.4 Å². The van der Waals surface area contributed by atoms with Gasteiger partial charge in [0.1, 0.15) is 15.6 Å². The molecular weight excluding hydrogens is 350 g/mol. The van der Waals surface area contributed by atoms with Crippen LogP contribution in [-0.4, -0.2) is 46.1 Å². The van der Waals surface area contributed by atoms with Crippen molar-refractivity contribution in [1.82, 2.24) is 10.6 Å². The molecule has 1 rings (SSSR count). The highest BCUT2D eigenvalue weighted by atomic mass is 32.2. The van der Waals surface area contributed by atoms with Gasteiger partial charge in [-0.25, -0.2) is 13.4 Å². The third-order valence-corrected chi connectivity index (χ3v) is 4.64. The largest absolute Gasteiger partial charge is 0.493 e. The Balaban J connectivity index is 2.77. The molecule has 0 heterocycles. The fourth-order valence-electron chi connectivity index (χ4n) is 2.19. The Labute approximate surface area is 158 Å². The lowest BCUT2D eigenvalue weighted by Crippen LogP contribution is -2.39. The van der Waals surface area contributed by atoms with Gasteiger partial charge in [0.25, 0.3) is 0 Å². The number of sulfone groups is 1. The zero-order valence-electron chi connectivity index (χ0n) is 16.6. The third kappa shape index (κ3) is 9.65. The normalized spacial score (nSPS) is 12.3. The predicted octanol–water partition coefficient (Wildman–Crippen LogP) is 2.52. The van der Waals surface area contributed by atoms with Crippen molar-refractivity contribution in [3.63, 3.8) is 0 Å². The maximum atomic E-state index is 11.3. The van der Waals surface area contributed by atoms with E-state index in [1.165, 1.54) is 6.26 Å². The van der Waals surface area contributed by atoms with E-state index in [0.29, 0.717) is 38.1 Å². The van der Waals surface area contributed by atoms with Crippen molar-refractivity contribution >= 4 is 15.8 Å². The molecule has 0 aromatic heterocycles. The Morgan fingerprint density at radius 3 is 2.62 bits per heavy atom. The Kier molecular flexibility index (Phi) is 9.48. The average Bonchev–Trinajstić information content (AvgIpc) is 2.52. The molecule has 0 bridgehead atoms. The number of guanidine groups is 1. The van der Waals surface area contributed by atoms with Gasteiger partial charge in [0.15, 0.2) is 5.96 Å². The quantitative estimate of drug-likeness (QED) is 0.479. The van der Waals surface area contributed by atoms with Crippen LogP contribution in [0.2, 0.25) is 0 Å². The molecule has 0 unspecified atom stereocenters. The summed E-state index contributed by atoms with van der Waals surface area (Å²) in [5, 5.41) is 6.19. The topological polar surface area (TPSA) is 79.8 Å². The fraction of sp³-hybridized carbons (Fsp3) is 0.632. The molecule has 0 fully saturated rings. The molecule has 0 amide bonds. The van der Waals surface area contributed by atoms with E-state index in [-0.39, 0.29) is 5.75 Å². The summed E-state index contributed by atoms with van der Waals surface area (Å²) in [5.74, 6) is 2.14. The molecule has 148 valence electrons. The van der Waals surface area contributed by atoms with Gasteiger partial charge in [-0.3, -0.25) is 0 Å². The van der Waals surface area contributed by atoms with E-state index in [9.17, 15) is 8.42 Å². The SMILES string of the molecule is CCNC(=NCc1ccc(C)cc1OCCC(C)C)NCCS(C)(=O)=O. The van der Waals surface area contributed by atoms with Gasteiger partial charge in [-0.2, -0.15) is 0 Å². The number of hydrogen-bond acceptors (Lipinski definition) is 4. The van der Waals surface area contributed by atoms with Gasteiger partial charge >= 0.3 is 0 Å². The van der Waals surface area contributed by atoms with Crippen LogP contribution in [0.4, 0.5) is 0 Å². The average molecular weight is 384 g/mol. The first-order chi connectivity index (χ1) is 12.2. The number of hydrogen-bond donors (Lipinski definition) is 2. The molecule has 0 saturated carbocycles.